The summed E-state index contributed by atoms with van der Waals surface area (Å²) < 4.78 is 43.5. The highest BCUT2D eigenvalue weighted by molar-refractivity contribution is 7.92. The third kappa shape index (κ3) is 4.16. The molecule has 3 aliphatic rings. The number of benzene rings is 2. The van der Waals surface area contributed by atoms with Gasteiger partial charge in [-0.1, -0.05) is 18.2 Å². The minimum absolute atomic E-state index is 0.0189. The highest BCUT2D eigenvalue weighted by Crippen LogP contribution is 2.43. The van der Waals surface area contributed by atoms with E-state index in [-0.39, 0.29) is 42.4 Å². The molecule has 3 aliphatic heterocycles. The van der Waals surface area contributed by atoms with Gasteiger partial charge in [-0.15, -0.1) is 0 Å². The van der Waals surface area contributed by atoms with Crippen LogP contribution in [0.4, 0.5) is 5.69 Å². The molecule has 0 aliphatic carbocycles. The maximum absolute atomic E-state index is 13.6. The number of nitrogens with zero attached hydrogens (tertiary/aromatic N) is 1. The number of anilines is 1. The standard InChI is InChI=1S/C23H24N2O7S/c26-22(24-12-16-4-3-9-30-16)13-25-17-5-1-2-6-20(17)33(28,29)21(11-23(25)27)15-7-8-18-19(10-15)32-14-31-18/h1-2,5-8,10,16,21H,3-4,9,11-14H2,(H,24,26). The summed E-state index contributed by atoms with van der Waals surface area (Å²) >= 11 is 0. The number of hydrogen-bond donors (Lipinski definition) is 1. The zero-order chi connectivity index (χ0) is 23.0. The highest BCUT2D eigenvalue weighted by atomic mass is 32.2. The molecule has 0 bridgehead atoms. The number of nitrogens with one attached hydrogen (secondary N) is 1. The van der Waals surface area contributed by atoms with Gasteiger partial charge in [-0.25, -0.2) is 8.42 Å². The van der Waals surface area contributed by atoms with Gasteiger partial charge in [-0.3, -0.25) is 9.59 Å². The van der Waals surface area contributed by atoms with Crippen LogP contribution in [-0.2, 0) is 24.2 Å². The molecule has 0 radical (unpaired) electrons. The Morgan fingerprint density at radius 1 is 1.12 bits per heavy atom. The van der Waals surface area contributed by atoms with E-state index in [0.29, 0.717) is 30.2 Å². The normalized spacial score (nSPS) is 23.2. The van der Waals surface area contributed by atoms with E-state index in [9.17, 15) is 18.0 Å². The third-order valence-electron chi connectivity index (χ3n) is 6.12. The van der Waals surface area contributed by atoms with Gasteiger partial charge in [-0.2, -0.15) is 0 Å². The molecule has 0 aromatic heterocycles. The van der Waals surface area contributed by atoms with Crippen LogP contribution in [-0.4, -0.2) is 52.8 Å². The lowest BCUT2D eigenvalue weighted by molar-refractivity contribution is -0.124. The minimum atomic E-state index is -3.93. The molecule has 1 N–H and O–H groups in total. The van der Waals surface area contributed by atoms with Crippen LogP contribution in [0.3, 0.4) is 0 Å². The number of hydrogen-bond acceptors (Lipinski definition) is 7. The van der Waals surface area contributed by atoms with Crippen molar-refractivity contribution in [2.45, 2.75) is 35.5 Å². The molecule has 10 heteroatoms. The Morgan fingerprint density at radius 3 is 2.76 bits per heavy atom. The van der Waals surface area contributed by atoms with E-state index in [1.807, 2.05) is 0 Å². The van der Waals surface area contributed by atoms with Crippen molar-refractivity contribution in [3.8, 4) is 11.5 Å². The molecule has 2 aromatic rings. The molecule has 2 unspecified atom stereocenters. The van der Waals surface area contributed by atoms with Crippen LogP contribution >= 0.6 is 0 Å². The fraction of sp³-hybridized carbons (Fsp3) is 0.391. The SMILES string of the molecule is O=C(CN1C(=O)CC(c2ccc3c(c2)OCO3)S(=O)(=O)c2ccccc21)NCC1CCCO1. The van der Waals surface area contributed by atoms with Crippen LogP contribution in [0.2, 0.25) is 0 Å². The maximum atomic E-state index is 13.6. The van der Waals surface area contributed by atoms with Crippen molar-refractivity contribution in [1.82, 2.24) is 5.32 Å². The topological polar surface area (TPSA) is 111 Å². The molecule has 3 heterocycles. The maximum Gasteiger partial charge on any atom is 0.240 e. The second-order valence-electron chi connectivity index (χ2n) is 8.24. The van der Waals surface area contributed by atoms with Crippen molar-refractivity contribution in [2.24, 2.45) is 0 Å². The molecule has 174 valence electrons. The smallest absolute Gasteiger partial charge is 0.240 e. The summed E-state index contributed by atoms with van der Waals surface area (Å²) in [4.78, 5) is 27.2. The molecule has 5 rings (SSSR count). The summed E-state index contributed by atoms with van der Waals surface area (Å²) in [5.41, 5.74) is 0.644. The van der Waals surface area contributed by atoms with Crippen molar-refractivity contribution < 1.29 is 32.2 Å². The van der Waals surface area contributed by atoms with Gasteiger partial charge in [0, 0.05) is 19.6 Å². The van der Waals surface area contributed by atoms with Crippen molar-refractivity contribution in [2.75, 3.05) is 31.4 Å². The first kappa shape index (κ1) is 21.7. The van der Waals surface area contributed by atoms with E-state index in [0.717, 1.165) is 12.8 Å². The lowest BCUT2D eigenvalue weighted by atomic mass is 10.1. The second kappa shape index (κ2) is 8.68. The Kier molecular flexibility index (Phi) is 5.71. The zero-order valence-corrected chi connectivity index (χ0v) is 18.7. The van der Waals surface area contributed by atoms with Crippen LogP contribution < -0.4 is 19.7 Å². The molecule has 2 amide bonds. The van der Waals surface area contributed by atoms with Crippen LogP contribution in [0.25, 0.3) is 0 Å². The number of fused-ring (bicyclic) bond motifs is 2. The van der Waals surface area contributed by atoms with Crippen molar-refractivity contribution >= 4 is 27.3 Å². The van der Waals surface area contributed by atoms with Crippen LogP contribution in [0.15, 0.2) is 47.4 Å². The van der Waals surface area contributed by atoms with E-state index >= 15 is 0 Å². The predicted octanol–water partition coefficient (Wildman–Crippen LogP) is 1.96. The molecular weight excluding hydrogens is 448 g/mol. The number of rotatable bonds is 5. The summed E-state index contributed by atoms with van der Waals surface area (Å²) in [5.74, 6) is 0.158. The molecule has 33 heavy (non-hydrogen) atoms. The molecular formula is C23H24N2O7S. The first-order chi connectivity index (χ1) is 15.9. The van der Waals surface area contributed by atoms with E-state index in [4.69, 9.17) is 14.2 Å². The van der Waals surface area contributed by atoms with Crippen LogP contribution in [0.1, 0.15) is 30.1 Å². The monoisotopic (exact) mass is 472 g/mol. The molecule has 1 fully saturated rings. The van der Waals surface area contributed by atoms with E-state index in [2.05, 4.69) is 5.32 Å². The van der Waals surface area contributed by atoms with Gasteiger partial charge in [0.15, 0.2) is 21.3 Å². The lowest BCUT2D eigenvalue weighted by Gasteiger charge is -2.22. The summed E-state index contributed by atoms with van der Waals surface area (Å²) in [6, 6.07) is 11.2. The molecule has 2 aromatic carbocycles. The Morgan fingerprint density at radius 2 is 1.94 bits per heavy atom. The lowest BCUT2D eigenvalue weighted by Crippen LogP contribution is -2.42. The summed E-state index contributed by atoms with van der Waals surface area (Å²) in [7, 11) is -3.93. The second-order valence-corrected chi connectivity index (χ2v) is 10.3. The first-order valence-electron chi connectivity index (χ1n) is 10.8. The average Bonchev–Trinajstić information content (AvgIpc) is 3.49. The largest absolute Gasteiger partial charge is 0.454 e. The molecule has 0 saturated carbocycles. The first-order valence-corrected chi connectivity index (χ1v) is 12.4. The number of carbonyl (C=O) groups is 2. The molecule has 2 atom stereocenters. The Hall–Kier alpha value is -3.11. The molecule has 0 spiro atoms. The molecule has 9 nitrogen and oxygen atoms in total. The quantitative estimate of drug-likeness (QED) is 0.708. The van der Waals surface area contributed by atoms with Gasteiger partial charge in [0.05, 0.1) is 21.9 Å². The summed E-state index contributed by atoms with van der Waals surface area (Å²) in [6.45, 7) is 0.830. The van der Waals surface area contributed by atoms with Crippen molar-refractivity contribution in [1.29, 1.82) is 0 Å². The van der Waals surface area contributed by atoms with E-state index in [1.165, 1.54) is 11.0 Å². The van der Waals surface area contributed by atoms with Gasteiger partial charge in [-0.05, 0) is 42.7 Å². The van der Waals surface area contributed by atoms with Crippen LogP contribution in [0, 0.1) is 0 Å². The third-order valence-corrected chi connectivity index (χ3v) is 8.27. The average molecular weight is 473 g/mol. The zero-order valence-electron chi connectivity index (χ0n) is 17.9. The van der Waals surface area contributed by atoms with Gasteiger partial charge in [0.1, 0.15) is 6.54 Å². The van der Waals surface area contributed by atoms with Crippen LogP contribution in [0.5, 0.6) is 11.5 Å². The fourth-order valence-corrected chi connectivity index (χ4v) is 6.31. The summed E-state index contributed by atoms with van der Waals surface area (Å²) in [5, 5.41) is 1.69. The van der Waals surface area contributed by atoms with Gasteiger partial charge in [0.25, 0.3) is 0 Å². The number of sulfone groups is 1. The fourth-order valence-electron chi connectivity index (χ4n) is 4.40. The predicted molar refractivity (Wildman–Crippen MR) is 118 cm³/mol. The number of para-hydroxylation sites is 1. The Bertz CT molecular complexity index is 1190. The van der Waals surface area contributed by atoms with E-state index < -0.39 is 21.0 Å². The van der Waals surface area contributed by atoms with Crippen molar-refractivity contribution in [3.63, 3.8) is 0 Å². The van der Waals surface area contributed by atoms with E-state index in [1.54, 1.807) is 36.4 Å². The Labute approximate surface area is 191 Å². The van der Waals surface area contributed by atoms with Gasteiger partial charge < -0.3 is 24.4 Å². The highest BCUT2D eigenvalue weighted by Gasteiger charge is 2.40. The van der Waals surface area contributed by atoms with Gasteiger partial charge >= 0.3 is 0 Å². The summed E-state index contributed by atoms with van der Waals surface area (Å²) in [6.07, 6.45) is 1.51. The number of carbonyl (C=O) groups excluding carboxylic acids is 2. The van der Waals surface area contributed by atoms with Crippen molar-refractivity contribution in [3.05, 3.63) is 48.0 Å². The number of amides is 2. The molecule has 1 saturated heterocycles. The minimum Gasteiger partial charge on any atom is -0.454 e. The Balaban J connectivity index is 1.44. The van der Waals surface area contributed by atoms with Gasteiger partial charge in [0.2, 0.25) is 18.6 Å². The number of ether oxygens (including phenoxy) is 3.